The molecule has 25 heavy (non-hydrogen) atoms. The molecule has 4 rings (SSSR count). The van der Waals surface area contributed by atoms with Crippen LogP contribution in [0, 0.1) is 17.8 Å². The highest BCUT2D eigenvalue weighted by Gasteiger charge is 2.41. The van der Waals surface area contributed by atoms with Gasteiger partial charge in [0.1, 0.15) is 5.75 Å². The molecule has 136 valence electrons. The molecular formula is C21H30N2O2. The van der Waals surface area contributed by atoms with E-state index in [0.29, 0.717) is 17.9 Å². The topological polar surface area (TPSA) is 64.3 Å². The predicted molar refractivity (Wildman–Crippen MR) is 98.3 cm³/mol. The Labute approximate surface area is 150 Å². The summed E-state index contributed by atoms with van der Waals surface area (Å²) in [5, 5.41) is 3.37. The zero-order valence-corrected chi connectivity index (χ0v) is 15.2. The summed E-state index contributed by atoms with van der Waals surface area (Å²) >= 11 is 0. The van der Waals surface area contributed by atoms with Gasteiger partial charge < -0.3 is 15.8 Å². The van der Waals surface area contributed by atoms with Gasteiger partial charge in [-0.05, 0) is 80.0 Å². The van der Waals surface area contributed by atoms with Gasteiger partial charge in [-0.1, -0.05) is 12.5 Å². The van der Waals surface area contributed by atoms with E-state index < -0.39 is 0 Å². The second kappa shape index (κ2) is 6.99. The number of aryl methyl sites for hydroxylation is 1. The van der Waals surface area contributed by atoms with Crippen molar-refractivity contribution in [3.05, 3.63) is 29.3 Å². The zero-order valence-electron chi connectivity index (χ0n) is 15.2. The Morgan fingerprint density at radius 2 is 1.92 bits per heavy atom. The highest BCUT2D eigenvalue weighted by molar-refractivity contribution is 5.79. The molecule has 3 unspecified atom stereocenters. The van der Waals surface area contributed by atoms with Crippen molar-refractivity contribution < 1.29 is 9.53 Å². The number of amides is 1. The smallest absolute Gasteiger partial charge is 0.223 e. The molecule has 1 aromatic rings. The van der Waals surface area contributed by atoms with Crippen molar-refractivity contribution in [1.82, 2.24) is 5.32 Å². The number of hydrogen-bond acceptors (Lipinski definition) is 3. The number of benzene rings is 1. The predicted octanol–water partition coefficient (Wildman–Crippen LogP) is 3.34. The lowest BCUT2D eigenvalue weighted by Crippen LogP contribution is -2.49. The standard InChI is InChI=1S/C21H30N2O2/c1-25-17-8-9-18-13(12-17)4-3-7-19(18)23-21(24)16-10-14-5-2-6-15(11-16)20(14)22/h8-9,12,14-16,19-20H,2-7,10-11,22H2,1H3,(H,23,24). The second-order valence-electron chi connectivity index (χ2n) is 8.21. The molecule has 0 saturated heterocycles. The van der Waals surface area contributed by atoms with Gasteiger partial charge in [-0.15, -0.1) is 0 Å². The van der Waals surface area contributed by atoms with Crippen molar-refractivity contribution in [1.29, 1.82) is 0 Å². The van der Waals surface area contributed by atoms with Crippen molar-refractivity contribution in [2.45, 2.75) is 63.5 Å². The fourth-order valence-electron chi connectivity index (χ4n) is 5.36. The summed E-state index contributed by atoms with van der Waals surface area (Å²) in [5.41, 5.74) is 8.97. The third-order valence-corrected chi connectivity index (χ3v) is 6.76. The summed E-state index contributed by atoms with van der Waals surface area (Å²) in [6.45, 7) is 0. The highest BCUT2D eigenvalue weighted by atomic mass is 16.5. The lowest BCUT2D eigenvalue weighted by atomic mass is 9.65. The molecule has 0 radical (unpaired) electrons. The molecule has 0 aliphatic heterocycles. The Bertz CT molecular complexity index is 631. The van der Waals surface area contributed by atoms with Crippen LogP contribution in [-0.2, 0) is 11.2 Å². The van der Waals surface area contributed by atoms with Crippen molar-refractivity contribution in [2.24, 2.45) is 23.5 Å². The van der Waals surface area contributed by atoms with E-state index in [4.69, 9.17) is 10.5 Å². The van der Waals surface area contributed by atoms with Gasteiger partial charge in [-0.3, -0.25) is 4.79 Å². The SMILES string of the molecule is COc1ccc2c(c1)CCCC2NC(=O)C1CC2CCCC(C1)C2N. The number of ether oxygens (including phenoxy) is 1. The second-order valence-corrected chi connectivity index (χ2v) is 8.21. The summed E-state index contributed by atoms with van der Waals surface area (Å²) in [7, 11) is 1.70. The zero-order chi connectivity index (χ0) is 17.4. The molecule has 2 bridgehead atoms. The van der Waals surface area contributed by atoms with Crippen LogP contribution in [0.4, 0.5) is 0 Å². The van der Waals surface area contributed by atoms with E-state index in [1.165, 1.54) is 30.4 Å². The summed E-state index contributed by atoms with van der Waals surface area (Å²) < 4.78 is 5.34. The minimum atomic E-state index is 0.151. The average molecular weight is 342 g/mol. The van der Waals surface area contributed by atoms with Crippen LogP contribution in [0.1, 0.15) is 62.1 Å². The third-order valence-electron chi connectivity index (χ3n) is 6.76. The first-order chi connectivity index (χ1) is 12.2. The van der Waals surface area contributed by atoms with Crippen molar-refractivity contribution in [3.8, 4) is 5.75 Å². The summed E-state index contributed by atoms with van der Waals surface area (Å²) in [6, 6.07) is 6.73. The van der Waals surface area contributed by atoms with E-state index in [9.17, 15) is 4.79 Å². The third kappa shape index (κ3) is 3.29. The van der Waals surface area contributed by atoms with Gasteiger partial charge in [-0.2, -0.15) is 0 Å². The number of nitrogens with one attached hydrogen (secondary N) is 1. The van der Waals surface area contributed by atoms with Crippen LogP contribution < -0.4 is 15.8 Å². The van der Waals surface area contributed by atoms with E-state index in [1.54, 1.807) is 7.11 Å². The van der Waals surface area contributed by atoms with Crippen LogP contribution in [0.5, 0.6) is 5.75 Å². The molecule has 4 heteroatoms. The van der Waals surface area contributed by atoms with Gasteiger partial charge in [0.05, 0.1) is 13.2 Å². The Morgan fingerprint density at radius 3 is 2.64 bits per heavy atom. The first kappa shape index (κ1) is 16.9. The van der Waals surface area contributed by atoms with E-state index >= 15 is 0 Å². The Balaban J connectivity index is 1.45. The first-order valence-corrected chi connectivity index (χ1v) is 9.88. The molecular weight excluding hydrogens is 312 g/mol. The van der Waals surface area contributed by atoms with Crippen LogP contribution in [0.2, 0.25) is 0 Å². The number of nitrogens with two attached hydrogens (primary N) is 1. The van der Waals surface area contributed by atoms with Crippen LogP contribution in [-0.4, -0.2) is 19.1 Å². The number of carbonyl (C=O) groups excluding carboxylic acids is 1. The lowest BCUT2D eigenvalue weighted by molar-refractivity contribution is -0.128. The number of hydrogen-bond donors (Lipinski definition) is 2. The van der Waals surface area contributed by atoms with Gasteiger partial charge in [0, 0.05) is 12.0 Å². The quantitative estimate of drug-likeness (QED) is 0.885. The molecule has 1 amide bonds. The minimum absolute atomic E-state index is 0.151. The average Bonchev–Trinajstić information content (AvgIpc) is 2.61. The number of rotatable bonds is 3. The molecule has 3 aliphatic carbocycles. The highest BCUT2D eigenvalue weighted by Crippen LogP contribution is 2.42. The van der Waals surface area contributed by atoms with Crippen molar-refractivity contribution in [2.75, 3.05) is 7.11 Å². The maximum atomic E-state index is 13.0. The first-order valence-electron chi connectivity index (χ1n) is 9.88. The van der Waals surface area contributed by atoms with E-state index in [-0.39, 0.29) is 17.9 Å². The van der Waals surface area contributed by atoms with Gasteiger partial charge in [0.15, 0.2) is 0 Å². The van der Waals surface area contributed by atoms with Crippen LogP contribution in [0.3, 0.4) is 0 Å². The Kier molecular flexibility index (Phi) is 4.72. The molecule has 2 saturated carbocycles. The van der Waals surface area contributed by atoms with E-state index in [2.05, 4.69) is 17.4 Å². The molecule has 0 heterocycles. The Morgan fingerprint density at radius 1 is 1.16 bits per heavy atom. The molecule has 3 N–H and O–H groups in total. The van der Waals surface area contributed by atoms with Crippen LogP contribution >= 0.6 is 0 Å². The lowest BCUT2D eigenvalue weighted by Gasteiger charge is -2.44. The van der Waals surface area contributed by atoms with Crippen molar-refractivity contribution in [3.63, 3.8) is 0 Å². The molecule has 0 spiro atoms. The van der Waals surface area contributed by atoms with Crippen molar-refractivity contribution >= 4 is 5.91 Å². The van der Waals surface area contributed by atoms with Gasteiger partial charge in [0.2, 0.25) is 5.91 Å². The number of methoxy groups -OCH3 is 1. The normalized spacial score (nSPS) is 34.1. The summed E-state index contributed by atoms with van der Waals surface area (Å²) in [6.07, 6.45) is 8.87. The van der Waals surface area contributed by atoms with Gasteiger partial charge >= 0.3 is 0 Å². The van der Waals surface area contributed by atoms with Gasteiger partial charge in [0.25, 0.3) is 0 Å². The largest absolute Gasteiger partial charge is 0.497 e. The maximum Gasteiger partial charge on any atom is 0.223 e. The number of fused-ring (bicyclic) bond motifs is 3. The molecule has 3 atom stereocenters. The molecule has 4 nitrogen and oxygen atoms in total. The maximum absolute atomic E-state index is 13.0. The minimum Gasteiger partial charge on any atom is -0.497 e. The van der Waals surface area contributed by atoms with E-state index in [1.807, 2.05) is 6.07 Å². The van der Waals surface area contributed by atoms with Gasteiger partial charge in [-0.25, -0.2) is 0 Å². The van der Waals surface area contributed by atoms with E-state index in [0.717, 1.165) is 37.9 Å². The molecule has 3 aliphatic rings. The Hall–Kier alpha value is -1.55. The summed E-state index contributed by atoms with van der Waals surface area (Å²) in [5.74, 6) is 2.40. The molecule has 0 aromatic heterocycles. The molecule has 1 aromatic carbocycles. The van der Waals surface area contributed by atoms with Crippen LogP contribution in [0.25, 0.3) is 0 Å². The molecule has 2 fully saturated rings. The monoisotopic (exact) mass is 342 g/mol. The fourth-order valence-corrected chi connectivity index (χ4v) is 5.36. The fraction of sp³-hybridized carbons (Fsp3) is 0.667. The summed E-state index contributed by atoms with van der Waals surface area (Å²) in [4.78, 5) is 13.0. The number of carbonyl (C=O) groups is 1. The van der Waals surface area contributed by atoms with Crippen LogP contribution in [0.15, 0.2) is 18.2 Å².